The number of amides is 1. The summed E-state index contributed by atoms with van der Waals surface area (Å²) in [4.78, 5) is 24.0. The minimum Gasteiger partial charge on any atom is -0.379 e. The molecule has 22 heavy (non-hydrogen) atoms. The van der Waals surface area contributed by atoms with Crippen molar-refractivity contribution in [1.29, 1.82) is 5.26 Å². The van der Waals surface area contributed by atoms with Crippen LogP contribution in [0.5, 0.6) is 0 Å². The molecule has 0 spiro atoms. The lowest BCUT2D eigenvalue weighted by Crippen LogP contribution is -2.19. The van der Waals surface area contributed by atoms with E-state index in [1.54, 1.807) is 11.9 Å². The Morgan fingerprint density at radius 1 is 1.55 bits per heavy atom. The van der Waals surface area contributed by atoms with E-state index in [9.17, 15) is 14.9 Å². The van der Waals surface area contributed by atoms with E-state index in [4.69, 9.17) is 5.26 Å². The molecule has 7 heteroatoms. The molecule has 0 radical (unpaired) electrons. The first kappa shape index (κ1) is 17.2. The summed E-state index contributed by atoms with van der Waals surface area (Å²) in [5.41, 5.74) is 0.0991. The van der Waals surface area contributed by atoms with E-state index in [1.165, 1.54) is 30.5 Å². The van der Waals surface area contributed by atoms with E-state index >= 15 is 0 Å². The summed E-state index contributed by atoms with van der Waals surface area (Å²) >= 11 is 0. The van der Waals surface area contributed by atoms with Crippen LogP contribution in [0.3, 0.4) is 0 Å². The van der Waals surface area contributed by atoms with Gasteiger partial charge in [-0.15, -0.1) is 0 Å². The summed E-state index contributed by atoms with van der Waals surface area (Å²) in [7, 11) is 1.79. The third-order valence-corrected chi connectivity index (χ3v) is 2.89. The van der Waals surface area contributed by atoms with Gasteiger partial charge in [0, 0.05) is 37.6 Å². The number of carbonyl (C=O) groups is 1. The Morgan fingerprint density at radius 3 is 2.86 bits per heavy atom. The fourth-order valence-corrected chi connectivity index (χ4v) is 1.73. The van der Waals surface area contributed by atoms with Crippen LogP contribution in [0.2, 0.25) is 0 Å². The summed E-state index contributed by atoms with van der Waals surface area (Å²) in [6.07, 6.45) is 3.44. The Hall–Kier alpha value is -2.88. The highest BCUT2D eigenvalue weighted by atomic mass is 16.6. The highest BCUT2D eigenvalue weighted by molar-refractivity contribution is 6.06. The average Bonchev–Trinajstić information content (AvgIpc) is 2.50. The molecule has 1 aromatic rings. The Morgan fingerprint density at radius 2 is 2.27 bits per heavy atom. The first-order chi connectivity index (χ1) is 10.5. The molecule has 0 atom stereocenters. The molecule has 7 nitrogen and oxygen atoms in total. The first-order valence-electron chi connectivity index (χ1n) is 6.86. The average molecular weight is 302 g/mol. The van der Waals surface area contributed by atoms with Gasteiger partial charge >= 0.3 is 0 Å². The SMILES string of the molecule is CCCCN(C)/C=C(/C#N)C(=O)Nc1cccc([N+](=O)[O-])c1. The number of anilines is 1. The molecule has 0 saturated heterocycles. The molecule has 1 N–H and O–H groups in total. The molecule has 0 aromatic heterocycles. The van der Waals surface area contributed by atoms with E-state index in [0.29, 0.717) is 0 Å². The van der Waals surface area contributed by atoms with Crippen LogP contribution in [0, 0.1) is 21.4 Å². The zero-order valence-electron chi connectivity index (χ0n) is 12.6. The van der Waals surface area contributed by atoms with Crippen LogP contribution in [0.25, 0.3) is 0 Å². The van der Waals surface area contributed by atoms with Gasteiger partial charge in [0.15, 0.2) is 0 Å². The van der Waals surface area contributed by atoms with Crippen molar-refractivity contribution in [2.24, 2.45) is 0 Å². The molecule has 0 aliphatic carbocycles. The second kappa shape index (κ2) is 8.42. The molecule has 1 aromatic carbocycles. The van der Waals surface area contributed by atoms with Crippen molar-refractivity contribution < 1.29 is 9.72 Å². The van der Waals surface area contributed by atoms with Crippen LogP contribution < -0.4 is 5.32 Å². The highest BCUT2D eigenvalue weighted by Crippen LogP contribution is 2.17. The number of nitriles is 1. The zero-order valence-corrected chi connectivity index (χ0v) is 12.6. The second-order valence-corrected chi connectivity index (χ2v) is 4.75. The Kier molecular flexibility index (Phi) is 6.57. The maximum absolute atomic E-state index is 12.0. The van der Waals surface area contributed by atoms with Crippen molar-refractivity contribution in [2.75, 3.05) is 18.9 Å². The van der Waals surface area contributed by atoms with Gasteiger partial charge in [0.05, 0.1) is 4.92 Å². The fourth-order valence-electron chi connectivity index (χ4n) is 1.73. The van der Waals surface area contributed by atoms with Crippen molar-refractivity contribution in [1.82, 2.24) is 4.90 Å². The van der Waals surface area contributed by atoms with Gasteiger partial charge in [-0.3, -0.25) is 14.9 Å². The zero-order chi connectivity index (χ0) is 16.5. The Labute approximate surface area is 129 Å². The number of rotatable bonds is 7. The lowest BCUT2D eigenvalue weighted by Gasteiger charge is -2.13. The molecule has 0 fully saturated rings. The number of nitrogens with one attached hydrogen (secondary N) is 1. The van der Waals surface area contributed by atoms with Crippen LogP contribution in [-0.4, -0.2) is 29.3 Å². The van der Waals surface area contributed by atoms with Gasteiger partial charge in [-0.2, -0.15) is 5.26 Å². The van der Waals surface area contributed by atoms with Gasteiger partial charge in [-0.1, -0.05) is 19.4 Å². The normalized spacial score (nSPS) is 10.7. The quantitative estimate of drug-likeness (QED) is 0.361. The van der Waals surface area contributed by atoms with Crippen LogP contribution in [0.1, 0.15) is 19.8 Å². The molecular weight excluding hydrogens is 284 g/mol. The minimum absolute atomic E-state index is 0.0508. The molecule has 116 valence electrons. The van der Waals surface area contributed by atoms with Gasteiger partial charge in [-0.05, 0) is 12.5 Å². The van der Waals surface area contributed by atoms with Crippen LogP contribution in [0.15, 0.2) is 36.0 Å². The number of hydrogen-bond donors (Lipinski definition) is 1. The predicted octanol–water partition coefficient (Wildman–Crippen LogP) is 2.67. The molecule has 0 aliphatic rings. The molecule has 1 amide bonds. The molecule has 0 heterocycles. The number of unbranched alkanes of at least 4 members (excludes halogenated alkanes) is 1. The highest BCUT2D eigenvalue weighted by Gasteiger charge is 2.12. The van der Waals surface area contributed by atoms with E-state index in [2.05, 4.69) is 12.2 Å². The second-order valence-electron chi connectivity index (χ2n) is 4.75. The van der Waals surface area contributed by atoms with Crippen LogP contribution in [0.4, 0.5) is 11.4 Å². The smallest absolute Gasteiger partial charge is 0.271 e. The van der Waals surface area contributed by atoms with E-state index < -0.39 is 10.8 Å². The van der Waals surface area contributed by atoms with E-state index in [1.807, 2.05) is 6.07 Å². The number of carbonyl (C=O) groups excluding carboxylic acids is 1. The van der Waals surface area contributed by atoms with Crippen molar-refractivity contribution in [3.05, 3.63) is 46.2 Å². The van der Waals surface area contributed by atoms with Crippen LogP contribution in [-0.2, 0) is 4.79 Å². The van der Waals surface area contributed by atoms with Gasteiger partial charge in [0.2, 0.25) is 0 Å². The molecule has 0 unspecified atom stereocenters. The number of nitro benzene ring substituents is 1. The molecule has 0 aliphatic heterocycles. The molecule has 0 bridgehead atoms. The van der Waals surface area contributed by atoms with E-state index in [-0.39, 0.29) is 16.9 Å². The standard InChI is InChI=1S/C15H18N4O3/c1-3-4-8-18(2)11-12(10-16)15(20)17-13-6-5-7-14(9-13)19(21)22/h5-7,9,11H,3-4,8H2,1-2H3,(H,17,20)/b12-11-. The van der Waals surface area contributed by atoms with Crippen molar-refractivity contribution >= 4 is 17.3 Å². The van der Waals surface area contributed by atoms with Gasteiger partial charge in [0.25, 0.3) is 11.6 Å². The predicted molar refractivity (Wildman–Crippen MR) is 83.0 cm³/mol. The van der Waals surface area contributed by atoms with Crippen molar-refractivity contribution in [2.45, 2.75) is 19.8 Å². The van der Waals surface area contributed by atoms with Crippen molar-refractivity contribution in [3.8, 4) is 6.07 Å². The van der Waals surface area contributed by atoms with Gasteiger partial charge in [0.1, 0.15) is 11.6 Å². The maximum Gasteiger partial charge on any atom is 0.271 e. The van der Waals surface area contributed by atoms with Gasteiger partial charge in [-0.25, -0.2) is 0 Å². The summed E-state index contributed by atoms with van der Waals surface area (Å²) in [6, 6.07) is 7.41. The Bertz CT molecular complexity index is 619. The molecule has 1 rings (SSSR count). The topological polar surface area (TPSA) is 99.3 Å². The van der Waals surface area contributed by atoms with Crippen molar-refractivity contribution in [3.63, 3.8) is 0 Å². The lowest BCUT2D eigenvalue weighted by atomic mass is 10.2. The summed E-state index contributed by atoms with van der Waals surface area (Å²) < 4.78 is 0. The number of benzene rings is 1. The third kappa shape index (κ3) is 5.25. The molecule has 0 saturated carbocycles. The van der Waals surface area contributed by atoms with Gasteiger partial charge < -0.3 is 10.2 Å². The lowest BCUT2D eigenvalue weighted by molar-refractivity contribution is -0.384. The summed E-state index contributed by atoms with van der Waals surface area (Å²) in [5, 5.41) is 22.3. The minimum atomic E-state index is -0.591. The van der Waals surface area contributed by atoms with Crippen LogP contribution >= 0.6 is 0 Å². The first-order valence-corrected chi connectivity index (χ1v) is 6.86. The fraction of sp³-hybridized carbons (Fsp3) is 0.333. The van der Waals surface area contributed by atoms with E-state index in [0.717, 1.165) is 19.4 Å². The summed E-state index contributed by atoms with van der Waals surface area (Å²) in [5.74, 6) is -0.591. The third-order valence-electron chi connectivity index (χ3n) is 2.89. The number of non-ortho nitro benzene ring substituents is 1. The molecular formula is C15H18N4O3. The number of nitrogens with zero attached hydrogens (tertiary/aromatic N) is 3. The number of nitro groups is 1. The Balaban J connectivity index is 2.81. The number of hydrogen-bond acceptors (Lipinski definition) is 5. The monoisotopic (exact) mass is 302 g/mol. The largest absolute Gasteiger partial charge is 0.379 e. The summed E-state index contributed by atoms with van der Waals surface area (Å²) in [6.45, 7) is 2.80. The maximum atomic E-state index is 12.0.